The Labute approximate surface area is 85.4 Å². The molecule has 14 heavy (non-hydrogen) atoms. The van der Waals surface area contributed by atoms with Crippen LogP contribution in [0, 0.1) is 0 Å². The molecule has 0 bridgehead atoms. The number of nitrogens with one attached hydrogen (secondary N) is 1. The Kier molecular flexibility index (Phi) is 3.63. The van der Waals surface area contributed by atoms with E-state index in [2.05, 4.69) is 24.1 Å². The molecule has 3 heteroatoms. The summed E-state index contributed by atoms with van der Waals surface area (Å²) < 4.78 is 0. The Bertz CT molecular complexity index is 295. The van der Waals surface area contributed by atoms with Crippen LogP contribution in [0.2, 0.25) is 0 Å². The third-order valence-corrected chi connectivity index (χ3v) is 2.38. The maximum Gasteiger partial charge on any atom is 0.138 e. The van der Waals surface area contributed by atoms with Gasteiger partial charge >= 0.3 is 0 Å². The highest BCUT2D eigenvalue weighted by Gasteiger charge is 2.04. The average Bonchev–Trinajstić information content (AvgIpc) is 2.22. The molecule has 0 unspecified atom stereocenters. The molecule has 0 fully saturated rings. The lowest BCUT2D eigenvalue weighted by atomic mass is 10.2. The van der Waals surface area contributed by atoms with Crippen molar-refractivity contribution in [3.63, 3.8) is 0 Å². The third-order valence-electron chi connectivity index (χ3n) is 2.38. The zero-order chi connectivity index (χ0) is 10.6. The minimum atomic E-state index is 0.295. The highest BCUT2D eigenvalue weighted by Crippen LogP contribution is 2.27. The Balaban J connectivity index is 2.98. The lowest BCUT2D eigenvalue weighted by Crippen LogP contribution is -2.21. The van der Waals surface area contributed by atoms with Gasteiger partial charge in [-0.1, -0.05) is 0 Å². The van der Waals surface area contributed by atoms with Crippen LogP contribution in [0.25, 0.3) is 0 Å². The number of aromatic hydroxyl groups is 1. The van der Waals surface area contributed by atoms with E-state index >= 15 is 0 Å². The van der Waals surface area contributed by atoms with Gasteiger partial charge in [0, 0.05) is 25.8 Å². The monoisotopic (exact) mass is 194 g/mol. The summed E-state index contributed by atoms with van der Waals surface area (Å²) in [5.41, 5.74) is 1.91. The first-order valence-electron chi connectivity index (χ1n) is 4.98. The van der Waals surface area contributed by atoms with Gasteiger partial charge in [0.05, 0.1) is 5.69 Å². The number of rotatable bonds is 4. The zero-order valence-electron chi connectivity index (χ0n) is 9.04. The molecule has 0 aliphatic carbocycles. The molecule has 1 rings (SSSR count). The number of nitrogens with zero attached hydrogens (tertiary/aromatic N) is 1. The van der Waals surface area contributed by atoms with E-state index in [0.717, 1.165) is 24.5 Å². The maximum absolute atomic E-state index is 9.48. The Hall–Kier alpha value is -1.38. The van der Waals surface area contributed by atoms with E-state index in [0.29, 0.717) is 5.75 Å². The predicted molar refractivity (Wildman–Crippen MR) is 61.2 cm³/mol. The van der Waals surface area contributed by atoms with Gasteiger partial charge in [-0.15, -0.1) is 0 Å². The summed E-state index contributed by atoms with van der Waals surface area (Å²) in [7, 11) is 1.81. The van der Waals surface area contributed by atoms with Crippen LogP contribution in [0.15, 0.2) is 18.2 Å². The minimum absolute atomic E-state index is 0.295. The molecule has 0 saturated heterocycles. The van der Waals surface area contributed by atoms with Gasteiger partial charge in [0.2, 0.25) is 0 Å². The standard InChI is InChI=1S/C11H18N2O/c1-4-13(5-2)9-6-7-11(14)10(8-9)12-3/h6-8,12,14H,4-5H2,1-3H3. The summed E-state index contributed by atoms with van der Waals surface area (Å²) in [6, 6.07) is 5.62. The number of benzene rings is 1. The maximum atomic E-state index is 9.48. The molecule has 0 radical (unpaired) electrons. The Morgan fingerprint density at radius 3 is 2.43 bits per heavy atom. The van der Waals surface area contributed by atoms with Crippen molar-refractivity contribution in [2.24, 2.45) is 0 Å². The zero-order valence-corrected chi connectivity index (χ0v) is 9.04. The quantitative estimate of drug-likeness (QED) is 0.722. The summed E-state index contributed by atoms with van der Waals surface area (Å²) in [6.45, 7) is 6.19. The van der Waals surface area contributed by atoms with Crippen LogP contribution < -0.4 is 10.2 Å². The molecule has 1 aromatic rings. The molecule has 0 aliphatic rings. The largest absolute Gasteiger partial charge is 0.506 e. The van der Waals surface area contributed by atoms with Crippen LogP contribution in [0.4, 0.5) is 11.4 Å². The molecule has 78 valence electrons. The van der Waals surface area contributed by atoms with Gasteiger partial charge < -0.3 is 15.3 Å². The van der Waals surface area contributed by atoms with Gasteiger partial charge in [0.15, 0.2) is 0 Å². The number of hydrogen-bond donors (Lipinski definition) is 2. The van der Waals surface area contributed by atoms with E-state index in [-0.39, 0.29) is 0 Å². The van der Waals surface area contributed by atoms with Crippen LogP contribution in [0.5, 0.6) is 5.75 Å². The number of hydrogen-bond acceptors (Lipinski definition) is 3. The summed E-state index contributed by atoms with van der Waals surface area (Å²) >= 11 is 0. The number of phenolic OH excluding ortho intramolecular Hbond substituents is 1. The van der Waals surface area contributed by atoms with E-state index in [9.17, 15) is 5.11 Å². The van der Waals surface area contributed by atoms with Crippen molar-refractivity contribution >= 4 is 11.4 Å². The van der Waals surface area contributed by atoms with Crippen molar-refractivity contribution in [3.05, 3.63) is 18.2 Å². The van der Waals surface area contributed by atoms with Gasteiger partial charge in [-0.2, -0.15) is 0 Å². The van der Waals surface area contributed by atoms with Gasteiger partial charge in [-0.05, 0) is 32.0 Å². The van der Waals surface area contributed by atoms with Crippen molar-refractivity contribution in [2.45, 2.75) is 13.8 Å². The summed E-state index contributed by atoms with van der Waals surface area (Å²) in [5, 5.41) is 12.4. The van der Waals surface area contributed by atoms with E-state index < -0.39 is 0 Å². The van der Waals surface area contributed by atoms with Gasteiger partial charge in [-0.3, -0.25) is 0 Å². The topological polar surface area (TPSA) is 35.5 Å². The van der Waals surface area contributed by atoms with Crippen molar-refractivity contribution in [1.82, 2.24) is 0 Å². The second-order valence-electron chi connectivity index (χ2n) is 3.12. The first-order chi connectivity index (χ1) is 6.72. The molecule has 0 saturated carbocycles. The molecule has 1 aromatic carbocycles. The lowest BCUT2D eigenvalue weighted by molar-refractivity contribution is 0.477. The van der Waals surface area contributed by atoms with Gasteiger partial charge in [0.25, 0.3) is 0 Å². The molecule has 0 aliphatic heterocycles. The highest BCUT2D eigenvalue weighted by atomic mass is 16.3. The van der Waals surface area contributed by atoms with Crippen molar-refractivity contribution in [1.29, 1.82) is 0 Å². The molecule has 0 amide bonds. The highest BCUT2D eigenvalue weighted by molar-refractivity contribution is 5.64. The lowest BCUT2D eigenvalue weighted by Gasteiger charge is -2.21. The third kappa shape index (κ3) is 2.10. The van der Waals surface area contributed by atoms with Crippen LogP contribution in [0.3, 0.4) is 0 Å². The molecular weight excluding hydrogens is 176 g/mol. The molecule has 0 heterocycles. The summed E-state index contributed by atoms with van der Waals surface area (Å²) in [6.07, 6.45) is 0. The number of anilines is 2. The van der Waals surface area contributed by atoms with Crippen LogP contribution in [0.1, 0.15) is 13.8 Å². The van der Waals surface area contributed by atoms with E-state index in [1.807, 2.05) is 12.1 Å². The van der Waals surface area contributed by atoms with E-state index in [4.69, 9.17) is 0 Å². The number of phenols is 1. The average molecular weight is 194 g/mol. The normalized spacial score (nSPS) is 9.93. The first-order valence-corrected chi connectivity index (χ1v) is 4.98. The second-order valence-corrected chi connectivity index (χ2v) is 3.12. The van der Waals surface area contributed by atoms with Crippen LogP contribution >= 0.6 is 0 Å². The Morgan fingerprint density at radius 2 is 1.93 bits per heavy atom. The van der Waals surface area contributed by atoms with Gasteiger partial charge in [0.1, 0.15) is 5.75 Å². The molecule has 0 atom stereocenters. The fourth-order valence-electron chi connectivity index (χ4n) is 1.51. The molecular formula is C11H18N2O. The minimum Gasteiger partial charge on any atom is -0.506 e. The van der Waals surface area contributed by atoms with Crippen LogP contribution in [-0.4, -0.2) is 25.2 Å². The fraction of sp³-hybridized carbons (Fsp3) is 0.455. The molecule has 0 aromatic heterocycles. The van der Waals surface area contributed by atoms with E-state index in [1.165, 1.54) is 0 Å². The van der Waals surface area contributed by atoms with Crippen molar-refractivity contribution in [3.8, 4) is 5.75 Å². The smallest absolute Gasteiger partial charge is 0.138 e. The van der Waals surface area contributed by atoms with Crippen molar-refractivity contribution in [2.75, 3.05) is 30.4 Å². The first kappa shape index (κ1) is 10.7. The summed E-state index contributed by atoms with van der Waals surface area (Å²) in [4.78, 5) is 2.24. The Morgan fingerprint density at radius 1 is 1.29 bits per heavy atom. The molecule has 3 nitrogen and oxygen atoms in total. The predicted octanol–water partition coefficient (Wildman–Crippen LogP) is 2.28. The van der Waals surface area contributed by atoms with Crippen LogP contribution in [-0.2, 0) is 0 Å². The van der Waals surface area contributed by atoms with E-state index in [1.54, 1.807) is 13.1 Å². The SMILES string of the molecule is CCN(CC)c1ccc(O)c(NC)c1. The fourth-order valence-corrected chi connectivity index (χ4v) is 1.51. The van der Waals surface area contributed by atoms with Crippen molar-refractivity contribution < 1.29 is 5.11 Å². The molecule has 2 N–H and O–H groups in total. The van der Waals surface area contributed by atoms with Gasteiger partial charge in [-0.25, -0.2) is 0 Å². The second kappa shape index (κ2) is 4.74. The molecule has 0 spiro atoms. The summed E-state index contributed by atoms with van der Waals surface area (Å²) in [5.74, 6) is 0.295.